The third-order valence-electron chi connectivity index (χ3n) is 3.65. The molecule has 0 bridgehead atoms. The highest BCUT2D eigenvalue weighted by Crippen LogP contribution is 2.22. The number of fused-ring (bicyclic) bond motifs is 1. The van der Waals surface area contributed by atoms with Crippen LogP contribution in [0.15, 0.2) is 34.9 Å². The maximum Gasteiger partial charge on any atom is 0.227 e. The van der Waals surface area contributed by atoms with Crippen LogP contribution in [0.1, 0.15) is 22.6 Å². The van der Waals surface area contributed by atoms with E-state index in [1.807, 2.05) is 35.2 Å². The largest absolute Gasteiger partial charge is 0.361 e. The molecular weight excluding hydrogens is 254 g/mol. The van der Waals surface area contributed by atoms with Gasteiger partial charge in [-0.05, 0) is 5.56 Å². The van der Waals surface area contributed by atoms with Crippen LogP contribution >= 0.6 is 0 Å². The third kappa shape index (κ3) is 2.44. The van der Waals surface area contributed by atoms with Gasteiger partial charge in [-0.25, -0.2) is 0 Å². The van der Waals surface area contributed by atoms with Crippen molar-refractivity contribution in [2.24, 2.45) is 5.73 Å². The van der Waals surface area contributed by atoms with E-state index in [4.69, 9.17) is 10.3 Å². The van der Waals surface area contributed by atoms with Crippen molar-refractivity contribution in [3.63, 3.8) is 0 Å². The average Bonchev–Trinajstić information content (AvgIpc) is 2.90. The molecular formula is C15H17N3O2. The second-order valence-electron chi connectivity index (χ2n) is 4.96. The van der Waals surface area contributed by atoms with E-state index < -0.39 is 0 Å². The van der Waals surface area contributed by atoms with Gasteiger partial charge >= 0.3 is 0 Å². The Kier molecular flexibility index (Phi) is 3.52. The van der Waals surface area contributed by atoms with E-state index in [1.54, 1.807) is 0 Å². The topological polar surface area (TPSA) is 72.4 Å². The van der Waals surface area contributed by atoms with Crippen molar-refractivity contribution in [1.82, 2.24) is 10.1 Å². The number of hydrogen-bond acceptors (Lipinski definition) is 4. The molecule has 0 radical (unpaired) electrons. The summed E-state index contributed by atoms with van der Waals surface area (Å²) < 4.78 is 5.26. The first-order valence-corrected chi connectivity index (χ1v) is 6.76. The van der Waals surface area contributed by atoms with Crippen LogP contribution in [-0.2, 0) is 30.7 Å². The lowest BCUT2D eigenvalue weighted by Gasteiger charge is -2.26. The zero-order valence-electron chi connectivity index (χ0n) is 11.2. The summed E-state index contributed by atoms with van der Waals surface area (Å²) in [6.07, 6.45) is 1.14. The van der Waals surface area contributed by atoms with Gasteiger partial charge in [-0.3, -0.25) is 4.79 Å². The maximum atomic E-state index is 12.3. The zero-order valence-corrected chi connectivity index (χ0v) is 11.2. The van der Waals surface area contributed by atoms with Crippen LogP contribution in [0.4, 0.5) is 0 Å². The predicted octanol–water partition coefficient (Wildman–Crippen LogP) is 1.26. The molecule has 0 saturated carbocycles. The van der Waals surface area contributed by atoms with E-state index in [-0.39, 0.29) is 5.91 Å². The highest BCUT2D eigenvalue weighted by molar-refractivity contribution is 5.79. The lowest BCUT2D eigenvalue weighted by Crippen LogP contribution is -2.37. The molecule has 1 aliphatic heterocycles. The van der Waals surface area contributed by atoms with Gasteiger partial charge in [0.25, 0.3) is 0 Å². The third-order valence-corrected chi connectivity index (χ3v) is 3.65. The number of nitrogens with two attached hydrogens (primary N) is 1. The van der Waals surface area contributed by atoms with Gasteiger partial charge in [0, 0.05) is 25.1 Å². The smallest absolute Gasteiger partial charge is 0.227 e. The molecule has 20 heavy (non-hydrogen) atoms. The van der Waals surface area contributed by atoms with Crippen molar-refractivity contribution in [1.29, 1.82) is 0 Å². The molecule has 2 aromatic rings. The normalized spacial score (nSPS) is 14.2. The summed E-state index contributed by atoms with van der Waals surface area (Å²) in [5.74, 6) is 1.00. The highest BCUT2D eigenvalue weighted by Gasteiger charge is 2.26. The lowest BCUT2D eigenvalue weighted by molar-refractivity contribution is -0.131. The van der Waals surface area contributed by atoms with E-state index >= 15 is 0 Å². The van der Waals surface area contributed by atoms with Crippen LogP contribution in [0.2, 0.25) is 0 Å². The van der Waals surface area contributed by atoms with Crippen LogP contribution in [0.3, 0.4) is 0 Å². The Balaban J connectivity index is 1.71. The van der Waals surface area contributed by atoms with E-state index in [9.17, 15) is 4.79 Å². The number of hydrogen-bond donors (Lipinski definition) is 1. The first-order chi connectivity index (χ1) is 9.78. The van der Waals surface area contributed by atoms with Gasteiger partial charge in [0.15, 0.2) is 0 Å². The molecule has 1 aromatic carbocycles. The van der Waals surface area contributed by atoms with Crippen LogP contribution in [-0.4, -0.2) is 22.5 Å². The number of carbonyl (C=O) groups is 1. The summed E-state index contributed by atoms with van der Waals surface area (Å²) in [6, 6.07) is 9.79. The second-order valence-corrected chi connectivity index (χ2v) is 4.96. The molecule has 5 heteroatoms. The minimum atomic E-state index is 0.131. The fourth-order valence-corrected chi connectivity index (χ4v) is 2.52. The van der Waals surface area contributed by atoms with E-state index in [1.165, 1.54) is 0 Å². The fraction of sp³-hybridized carbons (Fsp3) is 0.333. The molecule has 0 unspecified atom stereocenters. The first-order valence-electron chi connectivity index (χ1n) is 6.76. The number of carbonyl (C=O) groups excluding carboxylic acids is 1. The van der Waals surface area contributed by atoms with Gasteiger partial charge < -0.3 is 15.2 Å². The molecule has 0 saturated heterocycles. The van der Waals surface area contributed by atoms with Gasteiger partial charge in [-0.15, -0.1) is 0 Å². The summed E-state index contributed by atoms with van der Waals surface area (Å²) in [4.78, 5) is 14.2. The minimum Gasteiger partial charge on any atom is -0.361 e. The van der Waals surface area contributed by atoms with Crippen molar-refractivity contribution in [2.75, 3.05) is 6.54 Å². The fourth-order valence-electron chi connectivity index (χ4n) is 2.52. The molecule has 5 nitrogen and oxygen atoms in total. The summed E-state index contributed by atoms with van der Waals surface area (Å²) in [5, 5.41) is 3.96. The minimum absolute atomic E-state index is 0.131. The quantitative estimate of drug-likeness (QED) is 0.912. The molecule has 2 heterocycles. The summed E-state index contributed by atoms with van der Waals surface area (Å²) >= 11 is 0. The number of benzene rings is 1. The molecule has 2 N–H and O–H groups in total. The van der Waals surface area contributed by atoms with Gasteiger partial charge in [-0.2, -0.15) is 0 Å². The Morgan fingerprint density at radius 2 is 2.15 bits per heavy atom. The summed E-state index contributed by atoms with van der Waals surface area (Å²) in [7, 11) is 0. The monoisotopic (exact) mass is 271 g/mol. The highest BCUT2D eigenvalue weighted by atomic mass is 16.5. The molecule has 3 rings (SSSR count). The Bertz CT molecular complexity index is 593. The van der Waals surface area contributed by atoms with E-state index in [2.05, 4.69) is 5.16 Å². The number of rotatable bonds is 3. The molecule has 104 valence electrons. The average molecular weight is 271 g/mol. The molecule has 0 aliphatic carbocycles. The van der Waals surface area contributed by atoms with Crippen molar-refractivity contribution in [3.8, 4) is 0 Å². The second kappa shape index (κ2) is 5.46. The Morgan fingerprint density at radius 1 is 1.35 bits per heavy atom. The van der Waals surface area contributed by atoms with Crippen LogP contribution in [0.25, 0.3) is 0 Å². The van der Waals surface area contributed by atoms with Crippen molar-refractivity contribution in [2.45, 2.75) is 25.9 Å². The Morgan fingerprint density at radius 3 is 2.90 bits per heavy atom. The molecule has 1 amide bonds. The van der Waals surface area contributed by atoms with Gasteiger partial charge in [0.05, 0.1) is 13.0 Å². The van der Waals surface area contributed by atoms with Crippen molar-refractivity contribution >= 4 is 5.91 Å². The van der Waals surface area contributed by atoms with Crippen molar-refractivity contribution in [3.05, 3.63) is 52.9 Å². The molecule has 0 fully saturated rings. The molecule has 0 spiro atoms. The first kappa shape index (κ1) is 12.9. The predicted molar refractivity (Wildman–Crippen MR) is 73.7 cm³/mol. The van der Waals surface area contributed by atoms with Crippen molar-refractivity contribution < 1.29 is 9.32 Å². The van der Waals surface area contributed by atoms with Gasteiger partial charge in [0.1, 0.15) is 11.5 Å². The Hall–Kier alpha value is -2.14. The number of nitrogens with zero attached hydrogens (tertiary/aromatic N) is 2. The SMILES string of the molecule is NCc1noc2c1CN(C(=O)Cc1ccccc1)CC2. The van der Waals surface area contributed by atoms with Crippen LogP contribution < -0.4 is 5.73 Å². The number of aromatic nitrogens is 1. The van der Waals surface area contributed by atoms with E-state index in [0.717, 1.165) is 22.6 Å². The zero-order chi connectivity index (χ0) is 13.9. The van der Waals surface area contributed by atoms with Gasteiger partial charge in [-0.1, -0.05) is 35.5 Å². The standard InChI is InChI=1S/C15H17N3O2/c16-9-13-12-10-18(7-6-14(12)20-17-13)15(19)8-11-4-2-1-3-5-11/h1-5H,6-10,16H2. The number of amides is 1. The lowest BCUT2D eigenvalue weighted by atomic mass is 10.0. The molecule has 1 aliphatic rings. The van der Waals surface area contributed by atoms with Gasteiger partial charge in [0.2, 0.25) is 5.91 Å². The molecule has 1 aromatic heterocycles. The molecule has 0 atom stereocenters. The van der Waals surface area contributed by atoms with E-state index in [0.29, 0.717) is 32.5 Å². The summed E-state index contributed by atoms with van der Waals surface area (Å²) in [5.41, 5.74) is 8.42. The van der Waals surface area contributed by atoms with Crippen LogP contribution in [0.5, 0.6) is 0 Å². The summed E-state index contributed by atoms with van der Waals surface area (Å²) in [6.45, 7) is 1.58. The maximum absolute atomic E-state index is 12.3. The van der Waals surface area contributed by atoms with Crippen LogP contribution in [0, 0.1) is 0 Å². The Labute approximate surface area is 117 Å².